The molecule has 0 saturated heterocycles. The number of carbonyl (C=O) groups excluding carboxylic acids is 1. The van der Waals surface area contributed by atoms with E-state index < -0.39 is 0 Å². The maximum Gasteiger partial charge on any atom is 0.280 e. The second-order valence-corrected chi connectivity index (χ2v) is 6.13. The molecule has 112 valence electrons. The first-order valence-electron chi connectivity index (χ1n) is 6.96. The van der Waals surface area contributed by atoms with E-state index in [-0.39, 0.29) is 11.5 Å². The largest absolute Gasteiger partial charge is 0.280 e. The van der Waals surface area contributed by atoms with Crippen LogP contribution in [-0.2, 0) is 6.42 Å². The average Bonchev–Trinajstić information content (AvgIpc) is 2.95. The van der Waals surface area contributed by atoms with Gasteiger partial charge in [0.25, 0.3) is 11.5 Å². The summed E-state index contributed by atoms with van der Waals surface area (Å²) < 4.78 is 1.14. The SMILES string of the molecule is CCc1cc2c(=O)n(NC(=O)c3ccc(C)cc3)cnc2s1. The topological polar surface area (TPSA) is 64.0 Å². The maximum atomic E-state index is 12.4. The molecule has 3 rings (SSSR count). The van der Waals surface area contributed by atoms with Gasteiger partial charge < -0.3 is 0 Å². The Labute approximate surface area is 131 Å². The van der Waals surface area contributed by atoms with Gasteiger partial charge in [-0.2, -0.15) is 0 Å². The number of aromatic nitrogens is 2. The summed E-state index contributed by atoms with van der Waals surface area (Å²) in [6.07, 6.45) is 2.21. The minimum Gasteiger partial charge on any atom is -0.267 e. The first-order valence-corrected chi connectivity index (χ1v) is 7.78. The van der Waals surface area contributed by atoms with Crippen LogP contribution in [0, 0.1) is 6.92 Å². The summed E-state index contributed by atoms with van der Waals surface area (Å²) in [6.45, 7) is 3.98. The monoisotopic (exact) mass is 313 g/mol. The van der Waals surface area contributed by atoms with E-state index in [1.165, 1.54) is 17.7 Å². The van der Waals surface area contributed by atoms with Gasteiger partial charge in [0.15, 0.2) is 0 Å². The van der Waals surface area contributed by atoms with Gasteiger partial charge in [-0.25, -0.2) is 9.66 Å². The van der Waals surface area contributed by atoms with Crippen LogP contribution in [0.2, 0.25) is 0 Å². The number of hydrogen-bond donors (Lipinski definition) is 1. The number of hydrogen-bond acceptors (Lipinski definition) is 4. The maximum absolute atomic E-state index is 12.4. The zero-order valence-corrected chi connectivity index (χ0v) is 13.1. The van der Waals surface area contributed by atoms with E-state index >= 15 is 0 Å². The lowest BCUT2D eigenvalue weighted by Gasteiger charge is -2.07. The third-order valence-electron chi connectivity index (χ3n) is 3.39. The van der Waals surface area contributed by atoms with E-state index in [1.54, 1.807) is 12.1 Å². The van der Waals surface area contributed by atoms with Crippen LogP contribution in [0.3, 0.4) is 0 Å². The Hall–Kier alpha value is -2.47. The summed E-state index contributed by atoms with van der Waals surface area (Å²) in [5.41, 5.74) is 3.88. The molecule has 0 atom stereocenters. The summed E-state index contributed by atoms with van der Waals surface area (Å²) in [5, 5.41) is 0.536. The molecule has 6 heteroatoms. The molecule has 1 amide bonds. The molecule has 0 spiro atoms. The van der Waals surface area contributed by atoms with Gasteiger partial charge in [0.2, 0.25) is 0 Å². The fourth-order valence-electron chi connectivity index (χ4n) is 2.11. The van der Waals surface area contributed by atoms with Crippen LogP contribution in [-0.4, -0.2) is 15.6 Å². The molecule has 1 aromatic carbocycles. The van der Waals surface area contributed by atoms with Crippen molar-refractivity contribution in [2.45, 2.75) is 20.3 Å². The van der Waals surface area contributed by atoms with E-state index in [4.69, 9.17) is 0 Å². The Morgan fingerprint density at radius 2 is 2.05 bits per heavy atom. The minimum atomic E-state index is -0.339. The molecule has 2 heterocycles. The van der Waals surface area contributed by atoms with Gasteiger partial charge in [-0.3, -0.25) is 15.0 Å². The van der Waals surface area contributed by atoms with Crippen molar-refractivity contribution in [3.05, 3.63) is 63.0 Å². The predicted molar refractivity (Wildman–Crippen MR) is 88.1 cm³/mol. The number of carbonyl (C=O) groups is 1. The Morgan fingerprint density at radius 3 is 2.73 bits per heavy atom. The van der Waals surface area contributed by atoms with E-state index in [2.05, 4.69) is 10.4 Å². The number of amides is 1. The Bertz CT molecular complexity index is 894. The van der Waals surface area contributed by atoms with Gasteiger partial charge >= 0.3 is 0 Å². The standard InChI is InChI=1S/C16H15N3O2S/c1-3-12-8-13-15(22-12)17-9-19(16(13)21)18-14(20)11-6-4-10(2)5-7-11/h4-9H,3H2,1-2H3,(H,18,20). The molecule has 0 aliphatic heterocycles. The van der Waals surface area contributed by atoms with E-state index in [9.17, 15) is 9.59 Å². The Morgan fingerprint density at radius 1 is 1.32 bits per heavy atom. The van der Waals surface area contributed by atoms with Gasteiger partial charge in [-0.15, -0.1) is 11.3 Å². The lowest BCUT2D eigenvalue weighted by molar-refractivity contribution is 0.101. The van der Waals surface area contributed by atoms with Crippen molar-refractivity contribution in [2.24, 2.45) is 0 Å². The van der Waals surface area contributed by atoms with Gasteiger partial charge in [0.1, 0.15) is 11.2 Å². The Balaban J connectivity index is 1.93. The van der Waals surface area contributed by atoms with Crippen molar-refractivity contribution in [1.82, 2.24) is 9.66 Å². The highest BCUT2D eigenvalue weighted by molar-refractivity contribution is 7.18. The highest BCUT2D eigenvalue weighted by Crippen LogP contribution is 2.20. The van der Waals surface area contributed by atoms with Gasteiger partial charge in [0, 0.05) is 10.4 Å². The third kappa shape index (κ3) is 2.65. The van der Waals surface area contributed by atoms with Crippen molar-refractivity contribution in [3.63, 3.8) is 0 Å². The molecule has 2 aromatic heterocycles. The minimum absolute atomic E-state index is 0.263. The summed E-state index contributed by atoms with van der Waals surface area (Å²) >= 11 is 1.50. The van der Waals surface area contributed by atoms with Crippen LogP contribution in [0.5, 0.6) is 0 Å². The number of nitrogens with one attached hydrogen (secondary N) is 1. The van der Waals surface area contributed by atoms with Crippen molar-refractivity contribution >= 4 is 27.5 Å². The fraction of sp³-hybridized carbons (Fsp3) is 0.188. The van der Waals surface area contributed by atoms with Crippen molar-refractivity contribution < 1.29 is 4.79 Å². The molecule has 0 fully saturated rings. The first kappa shape index (κ1) is 14.5. The van der Waals surface area contributed by atoms with Crippen LogP contribution >= 0.6 is 11.3 Å². The Kier molecular flexibility index (Phi) is 3.77. The van der Waals surface area contributed by atoms with Crippen LogP contribution in [0.1, 0.15) is 27.7 Å². The highest BCUT2D eigenvalue weighted by Gasteiger charge is 2.11. The molecule has 0 radical (unpaired) electrons. The molecule has 3 aromatic rings. The van der Waals surface area contributed by atoms with E-state index in [1.807, 2.05) is 32.0 Å². The van der Waals surface area contributed by atoms with Crippen molar-refractivity contribution in [1.29, 1.82) is 0 Å². The predicted octanol–water partition coefficient (Wildman–Crippen LogP) is 2.71. The normalized spacial score (nSPS) is 10.8. The van der Waals surface area contributed by atoms with Crippen molar-refractivity contribution in [3.8, 4) is 0 Å². The van der Waals surface area contributed by atoms with Crippen LogP contribution in [0.15, 0.2) is 41.5 Å². The second-order valence-electron chi connectivity index (χ2n) is 5.01. The molecular formula is C16H15N3O2S. The zero-order valence-electron chi connectivity index (χ0n) is 12.3. The lowest BCUT2D eigenvalue weighted by atomic mass is 10.1. The van der Waals surface area contributed by atoms with Crippen LogP contribution < -0.4 is 11.0 Å². The summed E-state index contributed by atoms with van der Waals surface area (Å²) in [5.74, 6) is -0.339. The molecule has 0 aliphatic rings. The van der Waals surface area contributed by atoms with Gasteiger partial charge in [-0.1, -0.05) is 24.6 Å². The van der Waals surface area contributed by atoms with Crippen molar-refractivity contribution in [2.75, 3.05) is 5.43 Å². The number of nitrogens with zero attached hydrogens (tertiary/aromatic N) is 2. The molecule has 0 bridgehead atoms. The number of rotatable bonds is 3. The number of thiophene rings is 1. The molecule has 5 nitrogen and oxygen atoms in total. The fourth-order valence-corrected chi connectivity index (χ4v) is 3.03. The van der Waals surface area contributed by atoms with Gasteiger partial charge in [0.05, 0.1) is 5.39 Å². The summed E-state index contributed by atoms with van der Waals surface area (Å²) in [6, 6.07) is 8.99. The number of aryl methyl sites for hydroxylation is 2. The third-order valence-corrected chi connectivity index (χ3v) is 4.57. The second kappa shape index (κ2) is 5.73. The average molecular weight is 313 g/mol. The molecule has 0 unspecified atom stereocenters. The number of benzene rings is 1. The smallest absolute Gasteiger partial charge is 0.267 e. The summed E-state index contributed by atoms with van der Waals surface area (Å²) in [7, 11) is 0. The molecule has 22 heavy (non-hydrogen) atoms. The molecule has 0 aliphatic carbocycles. The van der Waals surface area contributed by atoms with Gasteiger partial charge in [-0.05, 0) is 31.5 Å². The van der Waals surface area contributed by atoms with E-state index in [0.29, 0.717) is 15.8 Å². The molecular weight excluding hydrogens is 298 g/mol. The van der Waals surface area contributed by atoms with E-state index in [0.717, 1.165) is 21.5 Å². The quantitative estimate of drug-likeness (QED) is 0.808. The first-order chi connectivity index (χ1) is 10.6. The zero-order chi connectivity index (χ0) is 15.7. The molecule has 1 N–H and O–H groups in total. The molecule has 0 saturated carbocycles. The number of fused-ring (bicyclic) bond motifs is 1. The summed E-state index contributed by atoms with van der Waals surface area (Å²) in [4.78, 5) is 30.6. The lowest BCUT2D eigenvalue weighted by Crippen LogP contribution is -2.32. The van der Waals surface area contributed by atoms with Crippen LogP contribution in [0.25, 0.3) is 10.2 Å². The van der Waals surface area contributed by atoms with Crippen LogP contribution in [0.4, 0.5) is 0 Å². The highest BCUT2D eigenvalue weighted by atomic mass is 32.1.